The Morgan fingerprint density at radius 2 is 1.79 bits per heavy atom. The highest BCUT2D eigenvalue weighted by atomic mass is 31.1. The van der Waals surface area contributed by atoms with Crippen LogP contribution in [0.5, 0.6) is 5.75 Å². The molecule has 0 aromatic heterocycles. The molecular formula is C15H16NO2P. The van der Waals surface area contributed by atoms with Crippen LogP contribution < -0.4 is 10.1 Å². The van der Waals surface area contributed by atoms with E-state index in [1.54, 1.807) is 7.11 Å². The van der Waals surface area contributed by atoms with Gasteiger partial charge in [0.05, 0.1) is 7.11 Å². The summed E-state index contributed by atoms with van der Waals surface area (Å²) in [6.45, 7) is 0. The lowest BCUT2D eigenvalue weighted by Gasteiger charge is -2.06. The minimum atomic E-state index is 0.0500. The summed E-state index contributed by atoms with van der Waals surface area (Å²) in [5.74, 6) is 0.782. The Morgan fingerprint density at radius 1 is 1.11 bits per heavy atom. The molecule has 2 rings (SSSR count). The molecule has 0 saturated heterocycles. The van der Waals surface area contributed by atoms with Crippen molar-refractivity contribution in [2.45, 2.75) is 6.16 Å². The van der Waals surface area contributed by atoms with Crippen molar-refractivity contribution in [2.75, 3.05) is 12.4 Å². The van der Waals surface area contributed by atoms with Crippen LogP contribution in [0.2, 0.25) is 0 Å². The van der Waals surface area contributed by atoms with Crippen LogP contribution in [-0.2, 0) is 6.16 Å². The van der Waals surface area contributed by atoms with Crippen molar-refractivity contribution in [3.8, 4) is 5.75 Å². The van der Waals surface area contributed by atoms with Crippen molar-refractivity contribution >= 4 is 19.9 Å². The molecule has 3 nitrogen and oxygen atoms in total. The largest absolute Gasteiger partial charge is 0.497 e. The topological polar surface area (TPSA) is 38.3 Å². The normalized spacial score (nSPS) is 10.6. The maximum atomic E-state index is 11.8. The third kappa shape index (κ3) is 4.38. The van der Waals surface area contributed by atoms with E-state index >= 15 is 0 Å². The lowest BCUT2D eigenvalue weighted by molar-refractivity contribution is 0.269. The molecule has 0 fully saturated rings. The van der Waals surface area contributed by atoms with Gasteiger partial charge in [-0.25, -0.2) is 0 Å². The third-order valence-electron chi connectivity index (χ3n) is 2.64. The smallest absolute Gasteiger partial charge is 0.242 e. The highest BCUT2D eigenvalue weighted by molar-refractivity contribution is 7.57. The van der Waals surface area contributed by atoms with Crippen LogP contribution in [0.3, 0.4) is 0 Å². The second-order valence-electron chi connectivity index (χ2n) is 4.02. The fraction of sp³-hybridized carbons (Fsp3) is 0.133. The molecule has 1 unspecified atom stereocenters. The fourth-order valence-electron chi connectivity index (χ4n) is 1.63. The molecule has 98 valence electrons. The lowest BCUT2D eigenvalue weighted by Crippen LogP contribution is -2.03. The first kappa shape index (κ1) is 13.6. The molecule has 4 heteroatoms. The van der Waals surface area contributed by atoms with E-state index < -0.39 is 0 Å². The predicted molar refractivity (Wildman–Crippen MR) is 80.5 cm³/mol. The molecule has 0 radical (unpaired) electrons. The molecule has 1 N–H and O–H groups in total. The number of hydrogen-bond acceptors (Lipinski definition) is 2. The van der Waals surface area contributed by atoms with Gasteiger partial charge in [-0.3, -0.25) is 4.79 Å². The standard InChI is InChI=1S/C15H16NO2P/c1-18-14-9-7-13(8-10-14)16-15(17)19-11-12-5-3-2-4-6-12/h2-10,19H,11H2,1H3,(H,16,17). The van der Waals surface area contributed by atoms with Crippen LogP contribution in [0.4, 0.5) is 10.5 Å². The summed E-state index contributed by atoms with van der Waals surface area (Å²) in [5.41, 5.74) is 2.03. The molecule has 1 atom stereocenters. The van der Waals surface area contributed by atoms with Gasteiger partial charge in [-0.05, 0) is 44.6 Å². The third-order valence-corrected chi connectivity index (χ3v) is 3.67. The highest BCUT2D eigenvalue weighted by Crippen LogP contribution is 2.22. The zero-order valence-corrected chi connectivity index (χ0v) is 11.7. The second-order valence-corrected chi connectivity index (χ2v) is 5.18. The Hall–Kier alpha value is -1.86. The molecule has 0 bridgehead atoms. The van der Waals surface area contributed by atoms with Crippen molar-refractivity contribution in [1.29, 1.82) is 0 Å². The van der Waals surface area contributed by atoms with Crippen LogP contribution in [0.15, 0.2) is 54.6 Å². The summed E-state index contributed by atoms with van der Waals surface area (Å²) < 4.78 is 5.07. The quantitative estimate of drug-likeness (QED) is 0.833. The summed E-state index contributed by atoms with van der Waals surface area (Å²) in [6, 6.07) is 17.4. The average Bonchev–Trinajstić information content (AvgIpc) is 2.47. The van der Waals surface area contributed by atoms with E-state index in [2.05, 4.69) is 5.32 Å². The lowest BCUT2D eigenvalue weighted by atomic mass is 10.2. The van der Waals surface area contributed by atoms with Crippen molar-refractivity contribution in [3.63, 3.8) is 0 Å². The average molecular weight is 273 g/mol. The monoisotopic (exact) mass is 273 g/mol. The molecule has 0 spiro atoms. The van der Waals surface area contributed by atoms with Crippen LogP contribution in [0, 0.1) is 0 Å². The highest BCUT2D eigenvalue weighted by Gasteiger charge is 2.03. The molecule has 2 aromatic carbocycles. The number of anilines is 1. The number of amides is 1. The van der Waals surface area contributed by atoms with E-state index in [4.69, 9.17) is 4.74 Å². The van der Waals surface area contributed by atoms with Crippen molar-refractivity contribution in [2.24, 2.45) is 0 Å². The Labute approximate surface area is 114 Å². The van der Waals surface area contributed by atoms with Gasteiger partial charge in [0.2, 0.25) is 5.65 Å². The van der Waals surface area contributed by atoms with Crippen molar-refractivity contribution in [3.05, 3.63) is 60.2 Å². The van der Waals surface area contributed by atoms with E-state index in [-0.39, 0.29) is 14.2 Å². The molecule has 19 heavy (non-hydrogen) atoms. The number of hydrogen-bond donors (Lipinski definition) is 1. The minimum absolute atomic E-state index is 0.0500. The Morgan fingerprint density at radius 3 is 2.42 bits per heavy atom. The molecule has 0 aliphatic rings. The molecule has 0 heterocycles. The van der Waals surface area contributed by atoms with Gasteiger partial charge >= 0.3 is 0 Å². The number of carbonyl (C=O) groups excluding carboxylic acids is 1. The maximum Gasteiger partial charge on any atom is 0.242 e. The maximum absolute atomic E-state index is 11.8. The van der Waals surface area contributed by atoms with Gasteiger partial charge in [-0.15, -0.1) is 0 Å². The second kappa shape index (κ2) is 6.91. The zero-order valence-electron chi connectivity index (χ0n) is 10.7. The number of benzene rings is 2. The van der Waals surface area contributed by atoms with Gasteiger partial charge in [-0.2, -0.15) is 0 Å². The molecular weight excluding hydrogens is 257 g/mol. The first-order valence-electron chi connectivity index (χ1n) is 6.01. The van der Waals surface area contributed by atoms with Gasteiger partial charge in [0.25, 0.3) is 0 Å². The molecule has 0 aliphatic heterocycles. The predicted octanol–water partition coefficient (Wildman–Crippen LogP) is 4.11. The number of nitrogens with one attached hydrogen (secondary N) is 1. The summed E-state index contributed by atoms with van der Waals surface area (Å²) in [5, 5.41) is 2.88. The van der Waals surface area contributed by atoms with Crippen LogP contribution >= 0.6 is 8.58 Å². The van der Waals surface area contributed by atoms with Crippen LogP contribution in [0.1, 0.15) is 5.56 Å². The number of ether oxygens (including phenoxy) is 1. The van der Waals surface area contributed by atoms with E-state index in [0.717, 1.165) is 17.6 Å². The van der Waals surface area contributed by atoms with Gasteiger partial charge in [0, 0.05) is 5.69 Å². The van der Waals surface area contributed by atoms with Crippen molar-refractivity contribution in [1.82, 2.24) is 0 Å². The summed E-state index contributed by atoms with van der Waals surface area (Å²) in [7, 11) is 1.85. The first-order valence-corrected chi connectivity index (χ1v) is 7.21. The molecule has 1 amide bonds. The SMILES string of the molecule is COc1ccc(NC(=O)PCc2ccccc2)cc1. The fourth-order valence-corrected chi connectivity index (χ4v) is 2.46. The number of carbonyl (C=O) groups is 1. The molecule has 0 aliphatic carbocycles. The summed E-state index contributed by atoms with van der Waals surface area (Å²) >= 11 is 0. The van der Waals surface area contributed by atoms with Gasteiger partial charge in [0.15, 0.2) is 0 Å². The molecule has 0 saturated carbocycles. The Balaban J connectivity index is 1.83. The Kier molecular flexibility index (Phi) is 4.93. The van der Waals surface area contributed by atoms with E-state index in [1.807, 2.05) is 54.6 Å². The molecule has 2 aromatic rings. The number of methoxy groups -OCH3 is 1. The van der Waals surface area contributed by atoms with Crippen LogP contribution in [-0.4, -0.2) is 12.8 Å². The van der Waals surface area contributed by atoms with Crippen LogP contribution in [0.25, 0.3) is 0 Å². The first-order chi connectivity index (χ1) is 9.28. The summed E-state index contributed by atoms with van der Waals surface area (Å²) in [6.07, 6.45) is 0.781. The van der Waals surface area contributed by atoms with E-state index in [1.165, 1.54) is 5.56 Å². The van der Waals surface area contributed by atoms with Crippen molar-refractivity contribution < 1.29 is 9.53 Å². The Bertz CT molecular complexity index is 526. The van der Waals surface area contributed by atoms with Gasteiger partial charge in [-0.1, -0.05) is 30.3 Å². The van der Waals surface area contributed by atoms with Gasteiger partial charge in [0.1, 0.15) is 5.75 Å². The minimum Gasteiger partial charge on any atom is -0.497 e. The summed E-state index contributed by atoms with van der Waals surface area (Å²) in [4.78, 5) is 11.8. The van der Waals surface area contributed by atoms with E-state index in [0.29, 0.717) is 0 Å². The zero-order chi connectivity index (χ0) is 13.5. The number of rotatable bonds is 5. The van der Waals surface area contributed by atoms with Gasteiger partial charge < -0.3 is 10.1 Å². The van der Waals surface area contributed by atoms with E-state index in [9.17, 15) is 4.79 Å².